The van der Waals surface area contributed by atoms with Gasteiger partial charge in [0.05, 0.1) is 35.7 Å². The van der Waals surface area contributed by atoms with Crippen LogP contribution in [-0.4, -0.2) is 48.3 Å². The number of carboxylic acids is 1. The van der Waals surface area contributed by atoms with E-state index in [9.17, 15) is 24.3 Å². The largest absolute Gasteiger partial charge is 0.497 e. The van der Waals surface area contributed by atoms with E-state index < -0.39 is 28.9 Å². The number of halogens is 1. The lowest BCUT2D eigenvalue weighted by molar-refractivity contribution is -0.115. The predicted molar refractivity (Wildman–Crippen MR) is 179 cm³/mol. The minimum Gasteiger partial charge on any atom is -0.497 e. The van der Waals surface area contributed by atoms with Gasteiger partial charge in [-0.05, 0) is 79.7 Å². The van der Waals surface area contributed by atoms with Gasteiger partial charge in [0.15, 0.2) is 0 Å². The molecule has 4 aromatic carbocycles. The molecule has 0 aromatic heterocycles. The molecule has 0 saturated heterocycles. The van der Waals surface area contributed by atoms with E-state index in [-0.39, 0.29) is 22.0 Å². The summed E-state index contributed by atoms with van der Waals surface area (Å²) in [6.45, 7) is 1.68. The second-order valence-electron chi connectivity index (χ2n) is 9.72. The number of anilines is 2. The highest BCUT2D eigenvalue weighted by Gasteiger charge is 2.19. The summed E-state index contributed by atoms with van der Waals surface area (Å²) in [4.78, 5) is 51.6. The fraction of sp³-hybridized carbons (Fsp3) is 0.118. The zero-order valence-electron chi connectivity index (χ0n) is 25.0. The van der Waals surface area contributed by atoms with E-state index in [2.05, 4.69) is 16.0 Å². The van der Waals surface area contributed by atoms with Crippen molar-refractivity contribution in [2.45, 2.75) is 17.1 Å². The molecule has 0 aliphatic rings. The van der Waals surface area contributed by atoms with E-state index >= 15 is 0 Å². The fourth-order valence-electron chi connectivity index (χ4n) is 4.14. The number of benzene rings is 4. The monoisotopic (exact) mass is 659 g/mol. The summed E-state index contributed by atoms with van der Waals surface area (Å²) >= 11 is 7.37. The van der Waals surface area contributed by atoms with Gasteiger partial charge in [0.1, 0.15) is 17.2 Å². The molecule has 0 aliphatic heterocycles. The number of thioether (sulfide) groups is 1. The Kier molecular flexibility index (Phi) is 11.4. The summed E-state index contributed by atoms with van der Waals surface area (Å²) in [5.74, 6) is -1.64. The molecule has 12 heteroatoms. The lowest BCUT2D eigenvalue weighted by Crippen LogP contribution is -2.30. The quantitative estimate of drug-likeness (QED) is 0.0986. The number of rotatable bonds is 12. The van der Waals surface area contributed by atoms with Crippen LogP contribution in [0.2, 0.25) is 5.02 Å². The van der Waals surface area contributed by atoms with Crippen molar-refractivity contribution in [3.8, 4) is 11.5 Å². The van der Waals surface area contributed by atoms with E-state index in [1.165, 1.54) is 50.3 Å². The third kappa shape index (κ3) is 8.90. The topological polar surface area (TPSA) is 143 Å². The van der Waals surface area contributed by atoms with E-state index in [1.807, 2.05) is 0 Å². The standard InChI is InChI=1S/C34H30ClN3O7S/c1-20(31(39)37-28-17-22(34(42)43)12-14-27(28)35)46-26-11-7-10-24(19-26)36-33(41)29(38-32(40)21-8-5-4-6-9-21)18-23-16-25(44-2)13-15-30(23)45-3/h4-20H,1-3H3,(H,36,41)(H,37,39)(H,38,40)(H,42,43)/b29-18+. The van der Waals surface area contributed by atoms with Crippen LogP contribution in [-0.2, 0) is 9.59 Å². The number of carboxylic acid groups (broad SMARTS) is 1. The minimum absolute atomic E-state index is 0.0123. The summed E-state index contributed by atoms with van der Waals surface area (Å²) < 4.78 is 10.8. The highest BCUT2D eigenvalue weighted by Crippen LogP contribution is 2.30. The van der Waals surface area contributed by atoms with Crippen LogP contribution in [0.3, 0.4) is 0 Å². The van der Waals surface area contributed by atoms with Gasteiger partial charge in [-0.15, -0.1) is 11.8 Å². The van der Waals surface area contributed by atoms with Crippen molar-refractivity contribution >= 4 is 64.5 Å². The number of carbonyl (C=O) groups excluding carboxylic acids is 3. The normalized spacial score (nSPS) is 11.6. The first kappa shape index (κ1) is 33.6. The SMILES string of the molecule is COc1ccc(OC)c(/C=C(/NC(=O)c2ccccc2)C(=O)Nc2cccc(SC(C)C(=O)Nc3cc(C(=O)O)ccc3Cl)c2)c1. The molecule has 0 fully saturated rings. The molecule has 10 nitrogen and oxygen atoms in total. The van der Waals surface area contributed by atoms with Crippen LogP contribution < -0.4 is 25.4 Å². The number of nitrogens with one attached hydrogen (secondary N) is 3. The maximum atomic E-state index is 13.6. The molecule has 3 amide bonds. The molecule has 1 unspecified atom stereocenters. The van der Waals surface area contributed by atoms with Crippen molar-refractivity contribution in [3.63, 3.8) is 0 Å². The van der Waals surface area contributed by atoms with Crippen molar-refractivity contribution < 1.29 is 33.8 Å². The number of methoxy groups -OCH3 is 2. The molecule has 0 aliphatic carbocycles. The van der Waals surface area contributed by atoms with E-state index in [4.69, 9.17) is 21.1 Å². The highest BCUT2D eigenvalue weighted by molar-refractivity contribution is 8.00. The van der Waals surface area contributed by atoms with Gasteiger partial charge in [0, 0.05) is 21.7 Å². The first-order chi connectivity index (χ1) is 22.1. The molecule has 0 heterocycles. The van der Waals surface area contributed by atoms with Crippen molar-refractivity contribution in [1.29, 1.82) is 0 Å². The summed E-state index contributed by atoms with van der Waals surface area (Å²) in [7, 11) is 3.01. The van der Waals surface area contributed by atoms with Gasteiger partial charge in [-0.1, -0.05) is 35.9 Å². The van der Waals surface area contributed by atoms with Gasteiger partial charge >= 0.3 is 5.97 Å². The summed E-state index contributed by atoms with van der Waals surface area (Å²) in [5, 5.41) is 17.0. The van der Waals surface area contributed by atoms with Gasteiger partial charge in [0.25, 0.3) is 11.8 Å². The molecular weight excluding hydrogens is 630 g/mol. The molecule has 1 atom stereocenters. The Morgan fingerprint density at radius 2 is 1.61 bits per heavy atom. The third-order valence-electron chi connectivity index (χ3n) is 6.51. The van der Waals surface area contributed by atoms with Gasteiger partial charge < -0.3 is 30.5 Å². The number of hydrogen-bond acceptors (Lipinski definition) is 7. The van der Waals surface area contributed by atoms with Crippen LogP contribution in [0.15, 0.2) is 102 Å². The maximum Gasteiger partial charge on any atom is 0.335 e. The van der Waals surface area contributed by atoms with Gasteiger partial charge in [0.2, 0.25) is 5.91 Å². The molecule has 0 radical (unpaired) electrons. The molecule has 4 N–H and O–H groups in total. The molecule has 236 valence electrons. The molecule has 0 spiro atoms. The Morgan fingerprint density at radius 3 is 2.30 bits per heavy atom. The Labute approximate surface area is 274 Å². The van der Waals surface area contributed by atoms with Crippen LogP contribution in [0.1, 0.15) is 33.2 Å². The molecule has 0 saturated carbocycles. The fourth-order valence-corrected chi connectivity index (χ4v) is 5.23. The summed E-state index contributed by atoms with van der Waals surface area (Å²) in [5.41, 5.74) is 1.40. The van der Waals surface area contributed by atoms with E-state index in [1.54, 1.807) is 79.7 Å². The molecule has 4 rings (SSSR count). The minimum atomic E-state index is -1.14. The molecular formula is C34H30ClN3O7S. The summed E-state index contributed by atoms with van der Waals surface area (Å²) in [6.07, 6.45) is 1.49. The average Bonchev–Trinajstić information content (AvgIpc) is 3.05. The maximum absolute atomic E-state index is 13.6. The van der Waals surface area contributed by atoms with E-state index in [0.29, 0.717) is 33.2 Å². The van der Waals surface area contributed by atoms with Crippen molar-refractivity contribution in [3.05, 3.63) is 118 Å². The van der Waals surface area contributed by atoms with Gasteiger partial charge in [-0.25, -0.2) is 4.79 Å². The number of carbonyl (C=O) groups is 4. The number of amides is 3. The summed E-state index contributed by atoms with van der Waals surface area (Å²) in [6, 6.07) is 24.4. The molecule has 0 bridgehead atoms. The first-order valence-electron chi connectivity index (χ1n) is 13.8. The molecule has 4 aromatic rings. The lowest BCUT2D eigenvalue weighted by atomic mass is 10.1. The third-order valence-corrected chi connectivity index (χ3v) is 7.93. The van der Waals surface area contributed by atoms with Crippen LogP contribution in [0.25, 0.3) is 6.08 Å². The Morgan fingerprint density at radius 1 is 0.848 bits per heavy atom. The lowest BCUT2D eigenvalue weighted by Gasteiger charge is -2.15. The Balaban J connectivity index is 1.54. The van der Waals surface area contributed by atoms with Crippen molar-refractivity contribution in [2.24, 2.45) is 0 Å². The highest BCUT2D eigenvalue weighted by atomic mass is 35.5. The number of hydrogen-bond donors (Lipinski definition) is 4. The van der Waals surface area contributed by atoms with E-state index in [0.717, 1.165) is 0 Å². The Bertz CT molecular complexity index is 1800. The number of aromatic carboxylic acids is 1. The van der Waals surface area contributed by atoms with Crippen LogP contribution in [0.4, 0.5) is 11.4 Å². The predicted octanol–water partition coefficient (Wildman–Crippen LogP) is 6.58. The van der Waals surface area contributed by atoms with Gasteiger partial charge in [-0.3, -0.25) is 14.4 Å². The van der Waals surface area contributed by atoms with Crippen molar-refractivity contribution in [1.82, 2.24) is 5.32 Å². The second kappa shape index (κ2) is 15.6. The Hall–Kier alpha value is -5.26. The van der Waals surface area contributed by atoms with Gasteiger partial charge in [-0.2, -0.15) is 0 Å². The molecule has 46 heavy (non-hydrogen) atoms. The average molecular weight is 660 g/mol. The van der Waals surface area contributed by atoms with Crippen LogP contribution >= 0.6 is 23.4 Å². The zero-order valence-corrected chi connectivity index (χ0v) is 26.6. The number of ether oxygens (including phenoxy) is 2. The smallest absolute Gasteiger partial charge is 0.335 e. The van der Waals surface area contributed by atoms with Crippen LogP contribution in [0, 0.1) is 0 Å². The van der Waals surface area contributed by atoms with Crippen LogP contribution in [0.5, 0.6) is 11.5 Å². The van der Waals surface area contributed by atoms with Crippen molar-refractivity contribution in [2.75, 3.05) is 24.9 Å². The zero-order chi connectivity index (χ0) is 33.2. The first-order valence-corrected chi connectivity index (χ1v) is 15.1. The second-order valence-corrected chi connectivity index (χ2v) is 11.5.